The van der Waals surface area contributed by atoms with Crippen molar-refractivity contribution in [2.45, 2.75) is 20.0 Å². The molecule has 3 rings (SSSR count). The van der Waals surface area contributed by atoms with Crippen LogP contribution in [0, 0.1) is 0 Å². The van der Waals surface area contributed by atoms with Crippen LogP contribution in [0.25, 0.3) is 5.69 Å². The second-order valence-corrected chi connectivity index (χ2v) is 6.47. The first-order valence-corrected chi connectivity index (χ1v) is 8.81. The maximum Gasteiger partial charge on any atom is 0.253 e. The Morgan fingerprint density at radius 2 is 1.70 bits per heavy atom. The second kappa shape index (κ2) is 8.51. The molecule has 138 valence electrons. The molecule has 27 heavy (non-hydrogen) atoms. The van der Waals surface area contributed by atoms with Gasteiger partial charge >= 0.3 is 0 Å². The third-order valence-corrected chi connectivity index (χ3v) is 4.19. The first kappa shape index (κ1) is 18.7. The fraction of sp³-hybridized carbons (Fsp3) is 0.150. The van der Waals surface area contributed by atoms with E-state index in [1.807, 2.05) is 30.3 Å². The quantitative estimate of drug-likeness (QED) is 0.687. The Balaban J connectivity index is 1.74. The van der Waals surface area contributed by atoms with Crippen molar-refractivity contribution >= 4 is 23.4 Å². The third-order valence-electron chi connectivity index (χ3n) is 3.94. The van der Waals surface area contributed by atoms with Gasteiger partial charge in [0.2, 0.25) is 5.91 Å². The summed E-state index contributed by atoms with van der Waals surface area (Å²) >= 11 is 5.88. The van der Waals surface area contributed by atoms with E-state index in [1.165, 1.54) is 6.92 Å². The van der Waals surface area contributed by atoms with Crippen LogP contribution in [0.4, 0.5) is 0 Å². The number of carbonyl (C=O) groups excluding carboxylic acids is 2. The molecule has 2 aromatic carbocycles. The normalized spacial score (nSPS) is 10.4. The maximum atomic E-state index is 12.7. The highest BCUT2D eigenvalue weighted by atomic mass is 35.5. The minimum absolute atomic E-state index is 0.107. The molecular weight excluding hydrogens is 364 g/mol. The lowest BCUT2D eigenvalue weighted by Gasteiger charge is -2.10. The Labute approximate surface area is 162 Å². The lowest BCUT2D eigenvalue weighted by Crippen LogP contribution is -2.24. The fourth-order valence-corrected chi connectivity index (χ4v) is 2.68. The zero-order valence-corrected chi connectivity index (χ0v) is 15.5. The summed E-state index contributed by atoms with van der Waals surface area (Å²) in [5, 5.41) is 10.6. The Morgan fingerprint density at radius 3 is 2.44 bits per heavy atom. The molecule has 0 radical (unpaired) electrons. The smallest absolute Gasteiger partial charge is 0.253 e. The highest BCUT2D eigenvalue weighted by Crippen LogP contribution is 2.15. The minimum atomic E-state index is -0.195. The average molecular weight is 383 g/mol. The zero-order valence-electron chi connectivity index (χ0n) is 14.8. The van der Waals surface area contributed by atoms with E-state index in [2.05, 4.69) is 15.7 Å². The molecule has 1 aromatic heterocycles. The first-order chi connectivity index (χ1) is 13.0. The summed E-state index contributed by atoms with van der Waals surface area (Å²) < 4.78 is 1.63. The number of para-hydroxylation sites is 1. The van der Waals surface area contributed by atoms with Crippen LogP contribution in [0.1, 0.15) is 28.4 Å². The van der Waals surface area contributed by atoms with Gasteiger partial charge in [0.15, 0.2) is 0 Å². The van der Waals surface area contributed by atoms with Crippen LogP contribution < -0.4 is 10.6 Å². The largest absolute Gasteiger partial charge is 0.352 e. The molecule has 0 saturated carbocycles. The van der Waals surface area contributed by atoms with Gasteiger partial charge in [-0.3, -0.25) is 9.59 Å². The number of halogens is 1. The number of benzene rings is 2. The van der Waals surface area contributed by atoms with Gasteiger partial charge < -0.3 is 10.6 Å². The minimum Gasteiger partial charge on any atom is -0.352 e. The molecule has 0 unspecified atom stereocenters. The van der Waals surface area contributed by atoms with Crippen LogP contribution in [0.15, 0.2) is 60.9 Å². The van der Waals surface area contributed by atoms with Crippen molar-refractivity contribution < 1.29 is 9.59 Å². The number of hydrogen-bond donors (Lipinski definition) is 2. The molecule has 0 aliphatic heterocycles. The van der Waals surface area contributed by atoms with Crippen LogP contribution in [0.5, 0.6) is 0 Å². The summed E-state index contributed by atoms with van der Waals surface area (Å²) in [4.78, 5) is 23.7. The maximum absolute atomic E-state index is 12.7. The van der Waals surface area contributed by atoms with Crippen molar-refractivity contribution in [3.8, 4) is 5.69 Å². The molecule has 0 atom stereocenters. The van der Waals surface area contributed by atoms with E-state index in [0.717, 1.165) is 11.1 Å². The Hall–Kier alpha value is -3.12. The molecule has 7 heteroatoms. The van der Waals surface area contributed by atoms with Gasteiger partial charge in [0.25, 0.3) is 5.91 Å². The third kappa shape index (κ3) is 4.95. The SMILES string of the molecule is CC(=O)NCc1cnn(-c2ccccc2C(=O)NCc2ccc(Cl)cc2)c1. The van der Waals surface area contributed by atoms with Crippen molar-refractivity contribution in [3.05, 3.63) is 82.6 Å². The summed E-state index contributed by atoms with van der Waals surface area (Å²) in [5.74, 6) is -0.302. The Morgan fingerprint density at radius 1 is 1.00 bits per heavy atom. The van der Waals surface area contributed by atoms with Gasteiger partial charge in [-0.1, -0.05) is 35.9 Å². The van der Waals surface area contributed by atoms with Crippen LogP contribution in [0.3, 0.4) is 0 Å². The molecule has 0 saturated heterocycles. The van der Waals surface area contributed by atoms with Gasteiger partial charge in [0.1, 0.15) is 0 Å². The van der Waals surface area contributed by atoms with Gasteiger partial charge in [0.05, 0.1) is 17.4 Å². The van der Waals surface area contributed by atoms with E-state index in [-0.39, 0.29) is 11.8 Å². The van der Waals surface area contributed by atoms with Crippen molar-refractivity contribution in [1.82, 2.24) is 20.4 Å². The summed E-state index contributed by atoms with van der Waals surface area (Å²) in [6.07, 6.45) is 3.46. The molecule has 2 N–H and O–H groups in total. The Bertz CT molecular complexity index is 951. The number of rotatable bonds is 6. The van der Waals surface area contributed by atoms with Crippen LogP contribution in [-0.2, 0) is 17.9 Å². The lowest BCUT2D eigenvalue weighted by molar-refractivity contribution is -0.119. The summed E-state index contributed by atoms with van der Waals surface area (Å²) in [7, 11) is 0. The number of amides is 2. The molecule has 1 heterocycles. The van der Waals surface area contributed by atoms with Crippen molar-refractivity contribution in [2.75, 3.05) is 0 Å². The highest BCUT2D eigenvalue weighted by Gasteiger charge is 2.13. The summed E-state index contributed by atoms with van der Waals surface area (Å²) in [6.45, 7) is 2.25. The number of nitrogens with zero attached hydrogens (tertiary/aromatic N) is 2. The summed E-state index contributed by atoms with van der Waals surface area (Å²) in [5.41, 5.74) is 2.99. The molecule has 0 bridgehead atoms. The van der Waals surface area contributed by atoms with Crippen molar-refractivity contribution in [3.63, 3.8) is 0 Å². The van der Waals surface area contributed by atoms with E-state index in [1.54, 1.807) is 35.3 Å². The molecular formula is C20H19ClN4O2. The highest BCUT2D eigenvalue weighted by molar-refractivity contribution is 6.30. The van der Waals surface area contributed by atoms with Gasteiger partial charge in [-0.25, -0.2) is 4.68 Å². The van der Waals surface area contributed by atoms with E-state index in [4.69, 9.17) is 11.6 Å². The standard InChI is InChI=1S/C20H19ClN4O2/c1-14(26)22-11-16-12-24-25(13-16)19-5-3-2-4-18(19)20(27)23-10-15-6-8-17(21)9-7-15/h2-9,12-13H,10-11H2,1H3,(H,22,26)(H,23,27). The van der Waals surface area contributed by atoms with E-state index < -0.39 is 0 Å². The monoisotopic (exact) mass is 382 g/mol. The first-order valence-electron chi connectivity index (χ1n) is 8.43. The molecule has 0 aliphatic rings. The average Bonchev–Trinajstić information content (AvgIpc) is 3.14. The molecule has 6 nitrogen and oxygen atoms in total. The van der Waals surface area contributed by atoms with E-state index >= 15 is 0 Å². The number of aromatic nitrogens is 2. The van der Waals surface area contributed by atoms with E-state index in [0.29, 0.717) is 29.4 Å². The molecule has 0 aliphatic carbocycles. The van der Waals surface area contributed by atoms with Gasteiger partial charge in [-0.2, -0.15) is 5.10 Å². The van der Waals surface area contributed by atoms with Gasteiger partial charge in [0, 0.05) is 36.8 Å². The zero-order chi connectivity index (χ0) is 19.2. The van der Waals surface area contributed by atoms with Crippen molar-refractivity contribution in [1.29, 1.82) is 0 Å². The van der Waals surface area contributed by atoms with Crippen molar-refractivity contribution in [2.24, 2.45) is 0 Å². The van der Waals surface area contributed by atoms with Gasteiger partial charge in [-0.15, -0.1) is 0 Å². The Kier molecular flexibility index (Phi) is 5.88. The predicted octanol–water partition coefficient (Wildman–Crippen LogP) is 3.09. The molecule has 0 fully saturated rings. The molecule has 2 amide bonds. The number of carbonyl (C=O) groups is 2. The van der Waals surface area contributed by atoms with Crippen LogP contribution in [0.2, 0.25) is 5.02 Å². The van der Waals surface area contributed by atoms with E-state index in [9.17, 15) is 9.59 Å². The number of nitrogens with one attached hydrogen (secondary N) is 2. The summed E-state index contributed by atoms with van der Waals surface area (Å²) in [6, 6.07) is 14.6. The lowest BCUT2D eigenvalue weighted by atomic mass is 10.1. The number of hydrogen-bond acceptors (Lipinski definition) is 3. The van der Waals surface area contributed by atoms with Crippen LogP contribution in [-0.4, -0.2) is 21.6 Å². The second-order valence-electron chi connectivity index (χ2n) is 6.03. The molecule has 3 aromatic rings. The fourth-order valence-electron chi connectivity index (χ4n) is 2.55. The predicted molar refractivity (Wildman–Crippen MR) is 104 cm³/mol. The van der Waals surface area contributed by atoms with Gasteiger partial charge in [-0.05, 0) is 29.8 Å². The topological polar surface area (TPSA) is 76.0 Å². The molecule has 0 spiro atoms. The van der Waals surface area contributed by atoms with Crippen LogP contribution >= 0.6 is 11.6 Å².